The highest BCUT2D eigenvalue weighted by atomic mass is 32.2. The third-order valence-electron chi connectivity index (χ3n) is 4.04. The van der Waals surface area contributed by atoms with Gasteiger partial charge in [-0.2, -0.15) is 17.4 Å². The van der Waals surface area contributed by atoms with Gasteiger partial charge in [0.15, 0.2) is 0 Å². The Bertz CT molecular complexity index is 417. The largest absolute Gasteiger partial charge is 0.481 e. The van der Waals surface area contributed by atoms with Crippen LogP contribution in [0.1, 0.15) is 44.9 Å². The van der Waals surface area contributed by atoms with Crippen LogP contribution in [0.2, 0.25) is 0 Å². The van der Waals surface area contributed by atoms with E-state index in [1.807, 2.05) is 0 Å². The number of carbonyl (C=O) groups is 1. The highest BCUT2D eigenvalue weighted by molar-refractivity contribution is 7.87. The first-order chi connectivity index (χ1) is 9.00. The van der Waals surface area contributed by atoms with E-state index >= 15 is 0 Å². The molecular weight excluding hydrogens is 268 g/mol. The van der Waals surface area contributed by atoms with E-state index in [0.717, 1.165) is 32.1 Å². The summed E-state index contributed by atoms with van der Waals surface area (Å²) in [7, 11) is -3.53. The van der Waals surface area contributed by atoms with Crippen molar-refractivity contribution < 1.29 is 18.3 Å². The van der Waals surface area contributed by atoms with Crippen LogP contribution in [0.15, 0.2) is 0 Å². The number of rotatable bonds is 4. The van der Waals surface area contributed by atoms with E-state index in [1.54, 1.807) is 0 Å². The molecule has 2 fully saturated rings. The summed E-state index contributed by atoms with van der Waals surface area (Å²) in [6, 6.07) is -0.460. The highest BCUT2D eigenvalue weighted by Gasteiger charge is 2.35. The smallest absolute Gasteiger partial charge is 0.308 e. The molecule has 0 amide bonds. The molecule has 0 aromatic carbocycles. The van der Waals surface area contributed by atoms with Crippen LogP contribution in [0.4, 0.5) is 0 Å². The van der Waals surface area contributed by atoms with E-state index in [4.69, 9.17) is 5.11 Å². The number of hydrogen-bond acceptors (Lipinski definition) is 3. The molecule has 0 radical (unpaired) electrons. The number of nitrogens with zero attached hydrogens (tertiary/aromatic N) is 1. The van der Waals surface area contributed by atoms with Gasteiger partial charge in [-0.05, 0) is 25.7 Å². The van der Waals surface area contributed by atoms with Gasteiger partial charge in [-0.1, -0.05) is 19.3 Å². The molecule has 1 saturated carbocycles. The molecule has 1 aliphatic carbocycles. The lowest BCUT2D eigenvalue weighted by molar-refractivity contribution is -0.143. The molecule has 1 heterocycles. The van der Waals surface area contributed by atoms with Crippen LogP contribution < -0.4 is 4.72 Å². The van der Waals surface area contributed by atoms with E-state index in [9.17, 15) is 13.2 Å². The number of piperidine rings is 1. The van der Waals surface area contributed by atoms with Crippen molar-refractivity contribution in [2.24, 2.45) is 5.92 Å². The summed E-state index contributed by atoms with van der Waals surface area (Å²) >= 11 is 0. The summed E-state index contributed by atoms with van der Waals surface area (Å²) in [6.45, 7) is 1.08. The number of carboxylic acid groups (broad SMARTS) is 1. The van der Waals surface area contributed by atoms with Gasteiger partial charge in [-0.15, -0.1) is 0 Å². The normalized spacial score (nSPS) is 30.1. The Labute approximate surface area is 114 Å². The van der Waals surface area contributed by atoms with Crippen molar-refractivity contribution in [1.82, 2.24) is 9.03 Å². The molecule has 6 nitrogen and oxygen atoms in total. The Balaban J connectivity index is 2.03. The molecular formula is C12H22N2O4S. The van der Waals surface area contributed by atoms with Crippen LogP contribution in [0.25, 0.3) is 0 Å². The molecule has 0 aromatic heterocycles. The van der Waals surface area contributed by atoms with Gasteiger partial charge in [0.05, 0.1) is 5.92 Å². The van der Waals surface area contributed by atoms with Crippen molar-refractivity contribution in [3.8, 4) is 0 Å². The molecule has 0 bridgehead atoms. The maximum atomic E-state index is 12.2. The summed E-state index contributed by atoms with van der Waals surface area (Å²) in [5.41, 5.74) is 0. The third kappa shape index (κ3) is 3.67. The van der Waals surface area contributed by atoms with Gasteiger partial charge in [0, 0.05) is 19.1 Å². The lowest BCUT2D eigenvalue weighted by Crippen LogP contribution is -2.51. The highest BCUT2D eigenvalue weighted by Crippen LogP contribution is 2.26. The lowest BCUT2D eigenvalue weighted by atomic mass is 9.85. The Hall–Kier alpha value is -0.660. The second-order valence-electron chi connectivity index (χ2n) is 5.42. The zero-order valence-corrected chi connectivity index (χ0v) is 11.9. The first-order valence-electron chi connectivity index (χ1n) is 7.01. The van der Waals surface area contributed by atoms with Gasteiger partial charge in [-0.3, -0.25) is 4.79 Å². The first-order valence-corrected chi connectivity index (χ1v) is 8.45. The van der Waals surface area contributed by atoms with Crippen LogP contribution >= 0.6 is 0 Å². The molecule has 2 rings (SSSR count). The summed E-state index contributed by atoms with van der Waals surface area (Å²) < 4.78 is 28.5. The SMILES string of the molecule is O=C(O)C1CCCCC1NS(=O)(=O)N1CCCCC1. The first kappa shape index (κ1) is 14.7. The topological polar surface area (TPSA) is 86.7 Å². The second kappa shape index (κ2) is 6.19. The molecule has 2 aliphatic rings. The molecule has 110 valence electrons. The number of aliphatic carboxylic acids is 1. The Morgan fingerprint density at radius 2 is 1.68 bits per heavy atom. The average molecular weight is 290 g/mol. The minimum Gasteiger partial charge on any atom is -0.481 e. The second-order valence-corrected chi connectivity index (χ2v) is 7.12. The van der Waals surface area contributed by atoms with Gasteiger partial charge in [0.1, 0.15) is 0 Å². The molecule has 1 saturated heterocycles. The van der Waals surface area contributed by atoms with Crippen molar-refractivity contribution in [1.29, 1.82) is 0 Å². The standard InChI is InChI=1S/C12H22N2O4S/c15-12(16)10-6-2-3-7-11(10)13-19(17,18)14-8-4-1-5-9-14/h10-11,13H,1-9H2,(H,15,16). The molecule has 2 N–H and O–H groups in total. The van der Waals surface area contributed by atoms with Crippen molar-refractivity contribution >= 4 is 16.2 Å². The van der Waals surface area contributed by atoms with E-state index in [1.165, 1.54) is 4.31 Å². The fourth-order valence-corrected chi connectivity index (χ4v) is 4.49. The molecule has 19 heavy (non-hydrogen) atoms. The monoisotopic (exact) mass is 290 g/mol. The Morgan fingerprint density at radius 1 is 1.05 bits per heavy atom. The number of carboxylic acids is 1. The van der Waals surface area contributed by atoms with Crippen molar-refractivity contribution in [3.63, 3.8) is 0 Å². The Kier molecular flexibility index (Phi) is 4.81. The van der Waals surface area contributed by atoms with E-state index in [2.05, 4.69) is 4.72 Å². The third-order valence-corrected chi connectivity index (χ3v) is 5.68. The molecule has 7 heteroatoms. The van der Waals surface area contributed by atoms with Crippen molar-refractivity contribution in [2.45, 2.75) is 51.0 Å². The molecule has 1 aliphatic heterocycles. The average Bonchev–Trinajstić information content (AvgIpc) is 2.39. The number of hydrogen-bond donors (Lipinski definition) is 2. The minimum absolute atomic E-state index is 0.460. The van der Waals surface area contributed by atoms with E-state index in [-0.39, 0.29) is 0 Å². The fourth-order valence-electron chi connectivity index (χ4n) is 2.94. The summed E-state index contributed by atoms with van der Waals surface area (Å²) in [6.07, 6.45) is 5.75. The van der Waals surface area contributed by atoms with Gasteiger partial charge in [-0.25, -0.2) is 0 Å². The zero-order valence-electron chi connectivity index (χ0n) is 11.0. The molecule has 2 atom stereocenters. The molecule has 0 spiro atoms. The zero-order chi connectivity index (χ0) is 13.9. The quantitative estimate of drug-likeness (QED) is 0.807. The molecule has 2 unspecified atom stereocenters. The van der Waals surface area contributed by atoms with E-state index in [0.29, 0.717) is 25.9 Å². The van der Waals surface area contributed by atoms with Crippen molar-refractivity contribution in [2.75, 3.05) is 13.1 Å². The summed E-state index contributed by atoms with van der Waals surface area (Å²) in [4.78, 5) is 11.2. The van der Waals surface area contributed by atoms with Crippen LogP contribution in [0.3, 0.4) is 0 Å². The number of nitrogens with one attached hydrogen (secondary N) is 1. The van der Waals surface area contributed by atoms with Crippen LogP contribution in [-0.4, -0.2) is 42.9 Å². The predicted molar refractivity (Wildman–Crippen MR) is 70.9 cm³/mol. The van der Waals surface area contributed by atoms with Gasteiger partial charge >= 0.3 is 5.97 Å². The predicted octanol–water partition coefficient (Wildman–Crippen LogP) is 0.950. The van der Waals surface area contributed by atoms with Gasteiger partial charge in [0.2, 0.25) is 0 Å². The van der Waals surface area contributed by atoms with Crippen LogP contribution in [0, 0.1) is 5.92 Å². The maximum Gasteiger partial charge on any atom is 0.308 e. The fraction of sp³-hybridized carbons (Fsp3) is 0.917. The lowest BCUT2D eigenvalue weighted by Gasteiger charge is -2.32. The van der Waals surface area contributed by atoms with E-state index < -0.39 is 28.1 Å². The van der Waals surface area contributed by atoms with Gasteiger partial charge in [0.25, 0.3) is 10.2 Å². The van der Waals surface area contributed by atoms with Gasteiger partial charge < -0.3 is 5.11 Å². The molecule has 0 aromatic rings. The van der Waals surface area contributed by atoms with Crippen molar-refractivity contribution in [3.05, 3.63) is 0 Å². The summed E-state index contributed by atoms with van der Waals surface area (Å²) in [5, 5.41) is 9.17. The van der Waals surface area contributed by atoms with Crippen LogP contribution in [-0.2, 0) is 15.0 Å². The minimum atomic E-state index is -3.53. The van der Waals surface area contributed by atoms with Crippen LogP contribution in [0.5, 0.6) is 0 Å². The Morgan fingerprint density at radius 3 is 2.32 bits per heavy atom. The summed E-state index contributed by atoms with van der Waals surface area (Å²) in [5.74, 6) is -1.49. The maximum absolute atomic E-state index is 12.2.